The molecule has 1 saturated heterocycles. The predicted molar refractivity (Wildman–Crippen MR) is 99.5 cm³/mol. The molecule has 25 heavy (non-hydrogen) atoms. The number of rotatable bonds is 11. The van der Waals surface area contributed by atoms with Crippen LogP contribution in [-0.2, 0) is 11.2 Å². The first-order chi connectivity index (χ1) is 12.1. The van der Waals surface area contributed by atoms with Gasteiger partial charge in [0.1, 0.15) is 17.6 Å². The van der Waals surface area contributed by atoms with E-state index in [2.05, 4.69) is 19.1 Å². The number of epoxide rings is 1. The van der Waals surface area contributed by atoms with Crippen LogP contribution in [0.3, 0.4) is 0 Å². The third kappa shape index (κ3) is 5.60. The highest BCUT2D eigenvalue weighted by molar-refractivity contribution is 5.97. The number of carbonyl (C=O) groups is 1. The number of aromatic hydroxyl groups is 1. The number of phenolic OH excluding ortho intramolecular Hbond substituents is 1. The average molecular weight is 346 g/mol. The monoisotopic (exact) mass is 346 g/mol. The summed E-state index contributed by atoms with van der Waals surface area (Å²) in [6, 6.07) is 3.42. The van der Waals surface area contributed by atoms with E-state index in [-0.39, 0.29) is 17.6 Å². The number of ether oxygens (including phenoxy) is 2. The molecule has 0 bridgehead atoms. The Kier molecular flexibility index (Phi) is 7.51. The molecular formula is C21H30O4. The highest BCUT2D eigenvalue weighted by Crippen LogP contribution is 2.33. The Morgan fingerprint density at radius 2 is 2.12 bits per heavy atom. The molecule has 1 heterocycles. The fourth-order valence-corrected chi connectivity index (χ4v) is 2.96. The first-order valence-corrected chi connectivity index (χ1v) is 9.39. The highest BCUT2D eigenvalue weighted by atomic mass is 16.6. The van der Waals surface area contributed by atoms with Crippen LogP contribution in [-0.4, -0.2) is 29.7 Å². The van der Waals surface area contributed by atoms with Crippen molar-refractivity contribution in [2.24, 2.45) is 0 Å². The van der Waals surface area contributed by atoms with Crippen LogP contribution in [0.5, 0.6) is 11.5 Å². The number of unbranched alkanes of at least 4 members (excludes halogenated alkanes) is 1. The Balaban J connectivity index is 1.84. The fraction of sp³-hybridized carbons (Fsp3) is 0.571. The summed E-state index contributed by atoms with van der Waals surface area (Å²) in [5.74, 6) is 0.597. The maximum atomic E-state index is 11.6. The van der Waals surface area contributed by atoms with Crippen molar-refractivity contribution >= 4 is 5.78 Å². The normalized spacial score (nSPS) is 19.3. The van der Waals surface area contributed by atoms with Gasteiger partial charge in [0.25, 0.3) is 0 Å². The minimum atomic E-state index is -0.133. The van der Waals surface area contributed by atoms with Crippen molar-refractivity contribution in [1.29, 1.82) is 0 Å². The van der Waals surface area contributed by atoms with Crippen LogP contribution in [0.25, 0.3) is 0 Å². The second-order valence-corrected chi connectivity index (χ2v) is 6.59. The van der Waals surface area contributed by atoms with E-state index in [1.807, 2.05) is 6.92 Å². The molecule has 0 radical (unpaired) electrons. The quantitative estimate of drug-likeness (QED) is 0.270. The van der Waals surface area contributed by atoms with Gasteiger partial charge in [-0.2, -0.15) is 0 Å². The van der Waals surface area contributed by atoms with Gasteiger partial charge in [-0.15, -0.1) is 0 Å². The second-order valence-electron chi connectivity index (χ2n) is 6.59. The highest BCUT2D eigenvalue weighted by Gasteiger charge is 2.35. The molecule has 1 aromatic rings. The summed E-state index contributed by atoms with van der Waals surface area (Å²) in [6.07, 6.45) is 10.8. The molecule has 0 saturated carbocycles. The van der Waals surface area contributed by atoms with Crippen molar-refractivity contribution in [1.82, 2.24) is 0 Å². The summed E-state index contributed by atoms with van der Waals surface area (Å²) in [4.78, 5) is 11.6. The zero-order chi connectivity index (χ0) is 18.2. The standard InChI is InChI=1S/C21H30O4/c1-4-6-10-19-20(25-19)11-7-8-14-24-18-13-12-16(15(3)22)21(23)17(18)9-5-2/h7,11-13,19-20,23H,4-6,8-10,14H2,1-3H3/b11-7-/t19-,20-/m0/s1. The van der Waals surface area contributed by atoms with E-state index in [1.165, 1.54) is 19.8 Å². The zero-order valence-electron chi connectivity index (χ0n) is 15.6. The summed E-state index contributed by atoms with van der Waals surface area (Å²) in [5, 5.41) is 10.3. The average Bonchev–Trinajstić information content (AvgIpc) is 3.33. The summed E-state index contributed by atoms with van der Waals surface area (Å²) in [6.45, 7) is 6.23. The van der Waals surface area contributed by atoms with Gasteiger partial charge in [-0.1, -0.05) is 45.3 Å². The van der Waals surface area contributed by atoms with Crippen LogP contribution >= 0.6 is 0 Å². The van der Waals surface area contributed by atoms with Gasteiger partial charge >= 0.3 is 0 Å². The molecule has 0 aromatic heterocycles. The second kappa shape index (κ2) is 9.62. The number of hydrogen-bond donors (Lipinski definition) is 1. The zero-order valence-corrected chi connectivity index (χ0v) is 15.6. The summed E-state index contributed by atoms with van der Waals surface area (Å²) >= 11 is 0. The van der Waals surface area contributed by atoms with Gasteiger partial charge in [-0.25, -0.2) is 0 Å². The minimum absolute atomic E-state index is 0.0625. The van der Waals surface area contributed by atoms with Crippen molar-refractivity contribution in [2.75, 3.05) is 6.61 Å². The number of benzene rings is 1. The Morgan fingerprint density at radius 1 is 1.32 bits per heavy atom. The van der Waals surface area contributed by atoms with Crippen LogP contribution in [0.15, 0.2) is 24.3 Å². The number of Topliss-reactive ketones (excluding diaryl/α,β-unsaturated/α-hetero) is 1. The molecule has 0 aliphatic carbocycles. The fourth-order valence-electron chi connectivity index (χ4n) is 2.96. The topological polar surface area (TPSA) is 59.1 Å². The number of carbonyl (C=O) groups excluding carboxylic acids is 1. The predicted octanol–water partition coefficient (Wildman–Crippen LogP) is 4.83. The third-order valence-electron chi connectivity index (χ3n) is 4.45. The van der Waals surface area contributed by atoms with Crippen LogP contribution in [0.2, 0.25) is 0 Å². The minimum Gasteiger partial charge on any atom is -0.507 e. The lowest BCUT2D eigenvalue weighted by molar-refractivity contribution is 0.101. The largest absolute Gasteiger partial charge is 0.507 e. The van der Waals surface area contributed by atoms with Crippen LogP contribution in [0.1, 0.15) is 68.8 Å². The molecule has 4 heteroatoms. The van der Waals surface area contributed by atoms with Gasteiger partial charge in [0.05, 0.1) is 18.3 Å². The maximum Gasteiger partial charge on any atom is 0.163 e. The smallest absolute Gasteiger partial charge is 0.163 e. The van der Waals surface area contributed by atoms with Crippen LogP contribution in [0, 0.1) is 0 Å². The molecule has 1 aliphatic rings. The molecule has 0 amide bonds. The first-order valence-electron chi connectivity index (χ1n) is 9.39. The van der Waals surface area contributed by atoms with Gasteiger partial charge in [0.15, 0.2) is 5.78 Å². The Morgan fingerprint density at radius 3 is 2.80 bits per heavy atom. The summed E-state index contributed by atoms with van der Waals surface area (Å²) in [7, 11) is 0. The lowest BCUT2D eigenvalue weighted by atomic mass is 10.0. The molecule has 0 unspecified atom stereocenters. The first kappa shape index (κ1) is 19.5. The van der Waals surface area contributed by atoms with E-state index in [4.69, 9.17) is 9.47 Å². The van der Waals surface area contributed by atoms with Crippen LogP contribution < -0.4 is 4.74 Å². The number of ketones is 1. The van der Waals surface area contributed by atoms with Gasteiger partial charge in [-0.3, -0.25) is 4.79 Å². The molecule has 2 rings (SSSR count). The van der Waals surface area contributed by atoms with Crippen LogP contribution in [0.4, 0.5) is 0 Å². The summed E-state index contributed by atoms with van der Waals surface area (Å²) < 4.78 is 11.4. The van der Waals surface area contributed by atoms with Gasteiger partial charge in [0.2, 0.25) is 0 Å². The Labute approximate surface area is 150 Å². The van der Waals surface area contributed by atoms with Gasteiger partial charge in [0, 0.05) is 5.56 Å². The van der Waals surface area contributed by atoms with Crippen molar-refractivity contribution in [2.45, 2.75) is 71.5 Å². The molecule has 1 N–H and O–H groups in total. The van der Waals surface area contributed by atoms with Gasteiger partial charge in [-0.05, 0) is 38.3 Å². The molecule has 1 aliphatic heterocycles. The summed E-state index contributed by atoms with van der Waals surface area (Å²) in [5.41, 5.74) is 1.09. The Bertz CT molecular complexity index is 606. The molecule has 2 atom stereocenters. The number of hydrogen-bond acceptors (Lipinski definition) is 4. The maximum absolute atomic E-state index is 11.6. The lowest BCUT2D eigenvalue weighted by Crippen LogP contribution is -2.03. The van der Waals surface area contributed by atoms with Crippen molar-refractivity contribution in [3.8, 4) is 11.5 Å². The van der Waals surface area contributed by atoms with Crippen molar-refractivity contribution < 1.29 is 19.4 Å². The number of phenols is 1. The molecule has 1 aromatic carbocycles. The third-order valence-corrected chi connectivity index (χ3v) is 4.45. The molecule has 4 nitrogen and oxygen atoms in total. The van der Waals surface area contributed by atoms with E-state index in [0.29, 0.717) is 30.4 Å². The Hall–Kier alpha value is -1.81. The molecular weight excluding hydrogens is 316 g/mol. The molecule has 138 valence electrons. The molecule has 1 fully saturated rings. The van der Waals surface area contributed by atoms with E-state index in [9.17, 15) is 9.90 Å². The SMILES string of the molecule is CCCC[C@@H]1O[C@H]1/C=C\CCOc1ccc(C(C)=O)c(O)c1CCC. The van der Waals surface area contributed by atoms with Crippen molar-refractivity contribution in [3.63, 3.8) is 0 Å². The lowest BCUT2D eigenvalue weighted by Gasteiger charge is -2.14. The van der Waals surface area contributed by atoms with E-state index < -0.39 is 0 Å². The van der Waals surface area contributed by atoms with Gasteiger partial charge < -0.3 is 14.6 Å². The van der Waals surface area contributed by atoms with Crippen molar-refractivity contribution in [3.05, 3.63) is 35.4 Å². The molecule has 0 spiro atoms. The van der Waals surface area contributed by atoms with E-state index in [0.717, 1.165) is 24.8 Å². The van der Waals surface area contributed by atoms with E-state index in [1.54, 1.807) is 12.1 Å². The van der Waals surface area contributed by atoms with E-state index >= 15 is 0 Å².